The van der Waals surface area contributed by atoms with Gasteiger partial charge in [0.25, 0.3) is 5.91 Å². The van der Waals surface area contributed by atoms with Crippen LogP contribution in [-0.2, 0) is 0 Å². The number of hydrogen-bond acceptors (Lipinski definition) is 5. The predicted molar refractivity (Wildman–Crippen MR) is 105 cm³/mol. The second kappa shape index (κ2) is 9.30. The molecule has 0 fully saturated rings. The first-order valence-electron chi connectivity index (χ1n) is 9.35. The maximum atomic E-state index is 12.9. The van der Waals surface area contributed by atoms with Crippen LogP contribution in [0.15, 0.2) is 18.2 Å². The lowest BCUT2D eigenvalue weighted by atomic mass is 10.1. The Labute approximate surface area is 160 Å². The summed E-state index contributed by atoms with van der Waals surface area (Å²) < 4.78 is 18.8. The van der Waals surface area contributed by atoms with Crippen LogP contribution in [-0.4, -0.2) is 35.5 Å². The van der Waals surface area contributed by atoms with Gasteiger partial charge in [0, 0.05) is 17.7 Å². The van der Waals surface area contributed by atoms with Gasteiger partial charge in [-0.1, -0.05) is 0 Å². The van der Waals surface area contributed by atoms with E-state index in [9.17, 15) is 4.79 Å². The van der Waals surface area contributed by atoms with Gasteiger partial charge < -0.3 is 19.5 Å². The maximum absolute atomic E-state index is 12.9. The molecule has 1 N–H and O–H groups in total. The fourth-order valence-electron chi connectivity index (χ4n) is 2.71. The van der Waals surface area contributed by atoms with Gasteiger partial charge in [-0.05, 0) is 53.7 Å². The van der Waals surface area contributed by atoms with Gasteiger partial charge in [-0.25, -0.2) is 4.68 Å². The standard InChI is InChI=1S/C20H29N3O4/c1-7-25-16-11-15(12-17(26-8-2)19(16)27-9-3)20(24)21-18-10-14(6)22-23(18)13(4)5/h10-13H,7-9H2,1-6H3,(H,21,24). The van der Waals surface area contributed by atoms with Gasteiger partial charge in [-0.3, -0.25) is 4.79 Å². The minimum absolute atomic E-state index is 0.132. The molecule has 2 aromatic rings. The van der Waals surface area contributed by atoms with Gasteiger partial charge in [-0.2, -0.15) is 5.10 Å². The molecule has 0 atom stereocenters. The van der Waals surface area contributed by atoms with E-state index in [2.05, 4.69) is 10.4 Å². The summed E-state index contributed by atoms with van der Waals surface area (Å²) in [6.07, 6.45) is 0. The van der Waals surface area contributed by atoms with E-state index in [4.69, 9.17) is 14.2 Å². The second-order valence-corrected chi connectivity index (χ2v) is 6.26. The molecule has 0 aliphatic rings. The Hall–Kier alpha value is -2.70. The predicted octanol–water partition coefficient (Wildman–Crippen LogP) is 4.22. The fraction of sp³-hybridized carbons (Fsp3) is 0.500. The van der Waals surface area contributed by atoms with Gasteiger partial charge in [0.1, 0.15) is 5.82 Å². The van der Waals surface area contributed by atoms with E-state index < -0.39 is 0 Å². The maximum Gasteiger partial charge on any atom is 0.257 e. The van der Waals surface area contributed by atoms with E-state index in [-0.39, 0.29) is 11.9 Å². The van der Waals surface area contributed by atoms with Gasteiger partial charge in [0.2, 0.25) is 5.75 Å². The number of nitrogens with one attached hydrogen (secondary N) is 1. The zero-order valence-corrected chi connectivity index (χ0v) is 17.0. The summed E-state index contributed by atoms with van der Waals surface area (Å²) >= 11 is 0. The number of amides is 1. The molecule has 0 aliphatic carbocycles. The van der Waals surface area contributed by atoms with E-state index in [1.54, 1.807) is 16.8 Å². The molecular weight excluding hydrogens is 346 g/mol. The van der Waals surface area contributed by atoms with Crippen molar-refractivity contribution in [1.29, 1.82) is 0 Å². The average Bonchev–Trinajstić information content (AvgIpc) is 2.98. The molecule has 1 amide bonds. The van der Waals surface area contributed by atoms with E-state index >= 15 is 0 Å². The first kappa shape index (κ1) is 20.6. The molecule has 0 unspecified atom stereocenters. The van der Waals surface area contributed by atoms with Crippen molar-refractivity contribution in [3.63, 3.8) is 0 Å². The van der Waals surface area contributed by atoms with E-state index in [1.807, 2.05) is 47.6 Å². The third kappa shape index (κ3) is 4.93. The Balaban J connectivity index is 2.40. The van der Waals surface area contributed by atoms with Crippen LogP contribution in [0.3, 0.4) is 0 Å². The minimum Gasteiger partial charge on any atom is -0.490 e. The van der Waals surface area contributed by atoms with Crippen molar-refractivity contribution in [2.45, 2.75) is 47.6 Å². The topological polar surface area (TPSA) is 74.6 Å². The number of ether oxygens (including phenoxy) is 3. The SMILES string of the molecule is CCOc1cc(C(=O)Nc2cc(C)nn2C(C)C)cc(OCC)c1OCC. The Morgan fingerprint density at radius 2 is 1.59 bits per heavy atom. The molecular formula is C20H29N3O4. The number of nitrogens with zero attached hydrogens (tertiary/aromatic N) is 2. The molecule has 0 aliphatic heterocycles. The van der Waals surface area contributed by atoms with Crippen LogP contribution in [0.1, 0.15) is 56.7 Å². The molecule has 0 saturated heterocycles. The van der Waals surface area contributed by atoms with Crippen molar-refractivity contribution in [3.8, 4) is 17.2 Å². The van der Waals surface area contributed by atoms with Crippen LogP contribution in [0.4, 0.5) is 5.82 Å². The number of carbonyl (C=O) groups excluding carboxylic acids is 1. The highest BCUT2D eigenvalue weighted by atomic mass is 16.5. The van der Waals surface area contributed by atoms with E-state index in [0.717, 1.165) is 5.69 Å². The Bertz CT molecular complexity index is 757. The first-order valence-corrected chi connectivity index (χ1v) is 9.35. The summed E-state index contributed by atoms with van der Waals surface area (Å²) in [7, 11) is 0. The third-order valence-corrected chi connectivity index (χ3v) is 3.76. The van der Waals surface area contributed by atoms with Crippen LogP contribution in [0, 0.1) is 6.92 Å². The summed E-state index contributed by atoms with van der Waals surface area (Å²) in [5, 5.41) is 7.35. The molecule has 1 heterocycles. The van der Waals surface area contributed by atoms with Crippen LogP contribution in [0.5, 0.6) is 17.2 Å². The Morgan fingerprint density at radius 1 is 1.04 bits per heavy atom. The molecule has 0 bridgehead atoms. The highest BCUT2D eigenvalue weighted by Crippen LogP contribution is 2.39. The van der Waals surface area contributed by atoms with Gasteiger partial charge in [0.15, 0.2) is 11.5 Å². The first-order chi connectivity index (χ1) is 12.9. The third-order valence-electron chi connectivity index (χ3n) is 3.76. The van der Waals surface area contributed by atoms with Gasteiger partial charge >= 0.3 is 0 Å². The fourth-order valence-corrected chi connectivity index (χ4v) is 2.71. The van der Waals surface area contributed by atoms with Crippen molar-refractivity contribution in [2.75, 3.05) is 25.1 Å². The monoisotopic (exact) mass is 375 g/mol. The summed E-state index contributed by atoms with van der Waals surface area (Å²) in [5.41, 5.74) is 1.27. The quantitative estimate of drug-likeness (QED) is 0.710. The molecule has 0 radical (unpaired) electrons. The zero-order chi connectivity index (χ0) is 20.0. The van der Waals surface area contributed by atoms with E-state index in [0.29, 0.717) is 48.5 Å². The van der Waals surface area contributed by atoms with Crippen molar-refractivity contribution in [3.05, 3.63) is 29.5 Å². The number of aromatic nitrogens is 2. The molecule has 7 nitrogen and oxygen atoms in total. The number of aryl methyl sites for hydroxylation is 1. The number of anilines is 1. The summed E-state index contributed by atoms with van der Waals surface area (Å²) in [5.74, 6) is 1.88. The summed E-state index contributed by atoms with van der Waals surface area (Å²) in [6, 6.07) is 5.33. The second-order valence-electron chi connectivity index (χ2n) is 6.26. The molecule has 2 rings (SSSR count). The van der Waals surface area contributed by atoms with Crippen LogP contribution >= 0.6 is 0 Å². The largest absolute Gasteiger partial charge is 0.490 e. The zero-order valence-electron chi connectivity index (χ0n) is 17.0. The van der Waals surface area contributed by atoms with Crippen molar-refractivity contribution in [1.82, 2.24) is 9.78 Å². The van der Waals surface area contributed by atoms with Crippen LogP contribution in [0.25, 0.3) is 0 Å². The number of carbonyl (C=O) groups is 1. The minimum atomic E-state index is -0.262. The molecule has 1 aromatic carbocycles. The Morgan fingerprint density at radius 3 is 2.07 bits per heavy atom. The summed E-state index contributed by atoms with van der Waals surface area (Å²) in [6.45, 7) is 13.0. The van der Waals surface area contributed by atoms with Crippen molar-refractivity contribution < 1.29 is 19.0 Å². The normalized spacial score (nSPS) is 10.8. The number of rotatable bonds is 9. The smallest absolute Gasteiger partial charge is 0.257 e. The Kier molecular flexibility index (Phi) is 7.10. The lowest BCUT2D eigenvalue weighted by Gasteiger charge is -2.17. The van der Waals surface area contributed by atoms with Gasteiger partial charge in [-0.15, -0.1) is 0 Å². The molecule has 148 valence electrons. The van der Waals surface area contributed by atoms with Crippen LogP contribution in [0.2, 0.25) is 0 Å². The molecule has 7 heteroatoms. The molecule has 27 heavy (non-hydrogen) atoms. The van der Waals surface area contributed by atoms with E-state index in [1.165, 1.54) is 0 Å². The van der Waals surface area contributed by atoms with Crippen LogP contribution < -0.4 is 19.5 Å². The molecule has 0 saturated carbocycles. The lowest BCUT2D eigenvalue weighted by molar-refractivity contribution is 0.102. The lowest BCUT2D eigenvalue weighted by Crippen LogP contribution is -2.17. The molecule has 0 spiro atoms. The average molecular weight is 375 g/mol. The highest BCUT2D eigenvalue weighted by Gasteiger charge is 2.20. The highest BCUT2D eigenvalue weighted by molar-refractivity contribution is 6.04. The number of benzene rings is 1. The number of hydrogen-bond donors (Lipinski definition) is 1. The summed E-state index contributed by atoms with van der Waals surface area (Å²) in [4.78, 5) is 12.9. The van der Waals surface area contributed by atoms with Crippen molar-refractivity contribution >= 4 is 11.7 Å². The van der Waals surface area contributed by atoms with Gasteiger partial charge in [0.05, 0.1) is 25.5 Å². The molecule has 1 aromatic heterocycles. The van der Waals surface area contributed by atoms with Crippen molar-refractivity contribution in [2.24, 2.45) is 0 Å².